The average Bonchev–Trinajstić information content (AvgIpc) is 2.40. The van der Waals surface area contributed by atoms with Crippen LogP contribution in [0.25, 0.3) is 0 Å². The minimum absolute atomic E-state index is 0.164. The highest BCUT2D eigenvalue weighted by atomic mass is 19.2. The Bertz CT molecular complexity index is 342. The highest BCUT2D eigenvalue weighted by Crippen LogP contribution is 2.14. The summed E-state index contributed by atoms with van der Waals surface area (Å²) in [5.41, 5.74) is 2.58. The first-order valence-electron chi connectivity index (χ1n) is 6.27. The topological polar surface area (TPSA) is 38.3 Å². The van der Waals surface area contributed by atoms with E-state index < -0.39 is 0 Å². The van der Waals surface area contributed by atoms with Gasteiger partial charge >= 0.3 is 0 Å². The van der Waals surface area contributed by atoms with Crippen LogP contribution in [0.5, 0.6) is 5.75 Å². The quantitative estimate of drug-likeness (QED) is 0.601. The van der Waals surface area contributed by atoms with Crippen molar-refractivity contribution in [3.8, 4) is 5.75 Å². The predicted molar refractivity (Wildman–Crippen MR) is 71.4 cm³/mol. The van der Waals surface area contributed by atoms with Crippen LogP contribution in [0, 0.1) is 0 Å². The summed E-state index contributed by atoms with van der Waals surface area (Å²) >= 11 is 0. The number of Topliss-reactive ketones (excluding diaryl/α,β-unsaturated/α-hetero) is 1. The van der Waals surface area contributed by atoms with E-state index in [1.165, 1.54) is 5.54 Å². The molecule has 1 aromatic carbocycles. The number of ether oxygens (including phenoxy) is 1. The molecule has 0 fully saturated rings. The largest absolute Gasteiger partial charge is 0.492 e. The number of carbonyl (C=O) groups is 1. The molecule has 0 spiro atoms. The summed E-state index contributed by atoms with van der Waals surface area (Å²) in [5.74, 6) is 0.879. The van der Waals surface area contributed by atoms with Gasteiger partial charge in [0.25, 0.3) is 0 Å². The second kappa shape index (κ2) is 10.7. The maximum absolute atomic E-state index is 11.6. The number of hydrogen-bond donors (Lipinski definition) is 1. The monoisotopic (exact) mass is 255 g/mol. The van der Waals surface area contributed by atoms with Crippen molar-refractivity contribution >= 4 is 5.78 Å². The van der Waals surface area contributed by atoms with Crippen LogP contribution < -0.4 is 10.3 Å². The number of benzene rings is 1. The van der Waals surface area contributed by atoms with Crippen molar-refractivity contribution in [2.24, 2.45) is 0 Å². The van der Waals surface area contributed by atoms with E-state index in [1.54, 1.807) is 6.92 Å². The Labute approximate surface area is 108 Å². The van der Waals surface area contributed by atoms with Crippen LogP contribution in [0.3, 0.4) is 0 Å². The Morgan fingerprint density at radius 1 is 1.39 bits per heavy atom. The number of hydrogen-bond acceptors (Lipinski definition) is 3. The lowest BCUT2D eigenvalue weighted by Crippen LogP contribution is -2.12. The molecule has 0 aliphatic carbocycles. The number of carbonyl (C=O) groups excluding carboxylic acids is 1. The fourth-order valence-electron chi connectivity index (χ4n) is 1.32. The summed E-state index contributed by atoms with van der Waals surface area (Å²) in [6, 6.07) is 7.51. The fraction of sp³-hybridized carbons (Fsp3) is 0.500. The van der Waals surface area contributed by atoms with Crippen LogP contribution in [-0.2, 0) is 11.2 Å². The smallest absolute Gasteiger partial charge is 0.130 e. The molecule has 0 saturated carbocycles. The van der Waals surface area contributed by atoms with Gasteiger partial charge < -0.3 is 9.53 Å². The van der Waals surface area contributed by atoms with Crippen LogP contribution in [0.15, 0.2) is 24.3 Å². The third-order valence-electron chi connectivity index (χ3n) is 2.13. The van der Waals surface area contributed by atoms with E-state index in [-0.39, 0.29) is 18.9 Å². The zero-order valence-electron chi connectivity index (χ0n) is 11.3. The molecule has 0 aliphatic rings. The molecule has 0 aliphatic heterocycles. The van der Waals surface area contributed by atoms with Crippen LogP contribution >= 0.6 is 0 Å². The van der Waals surface area contributed by atoms with Crippen LogP contribution in [0.4, 0.5) is 4.48 Å². The maximum atomic E-state index is 11.6. The van der Waals surface area contributed by atoms with Gasteiger partial charge in [-0.15, -0.1) is 4.48 Å². The summed E-state index contributed by atoms with van der Waals surface area (Å²) in [7, 11) is 0. The second-order valence-corrected chi connectivity index (χ2v) is 3.58. The highest BCUT2D eigenvalue weighted by Gasteiger charge is 1.99. The zero-order valence-corrected chi connectivity index (χ0v) is 11.3. The number of ketones is 1. The SMILES string of the molecule is CC.CC(=O)CCc1cccc(OCCNF)c1. The molecule has 0 radical (unpaired) electrons. The molecular formula is C14H22FNO2. The fourth-order valence-corrected chi connectivity index (χ4v) is 1.32. The summed E-state index contributed by atoms with van der Waals surface area (Å²) in [6.07, 6.45) is 1.25. The lowest BCUT2D eigenvalue weighted by atomic mass is 10.1. The Hall–Kier alpha value is -1.42. The molecule has 102 valence electrons. The number of nitrogens with one attached hydrogen (secondary N) is 1. The Morgan fingerprint density at radius 2 is 2.11 bits per heavy atom. The third kappa shape index (κ3) is 7.79. The van der Waals surface area contributed by atoms with Gasteiger partial charge in [0.1, 0.15) is 18.1 Å². The van der Waals surface area contributed by atoms with E-state index in [2.05, 4.69) is 0 Å². The summed E-state index contributed by atoms with van der Waals surface area (Å²) in [6.45, 7) is 6.03. The van der Waals surface area contributed by atoms with E-state index in [0.29, 0.717) is 18.6 Å². The van der Waals surface area contributed by atoms with Crippen molar-refractivity contribution in [3.63, 3.8) is 0 Å². The van der Waals surface area contributed by atoms with Crippen molar-refractivity contribution in [2.75, 3.05) is 13.2 Å². The van der Waals surface area contributed by atoms with Crippen LogP contribution in [0.2, 0.25) is 0 Å². The third-order valence-corrected chi connectivity index (χ3v) is 2.13. The average molecular weight is 255 g/mol. The van der Waals surface area contributed by atoms with Crippen LogP contribution in [0.1, 0.15) is 32.8 Å². The molecule has 0 atom stereocenters. The van der Waals surface area contributed by atoms with Gasteiger partial charge in [-0.05, 0) is 31.0 Å². The molecule has 0 bridgehead atoms. The normalized spacial score (nSPS) is 9.33. The molecule has 18 heavy (non-hydrogen) atoms. The second-order valence-electron chi connectivity index (χ2n) is 3.58. The van der Waals surface area contributed by atoms with Gasteiger partial charge in [0.2, 0.25) is 0 Å². The summed E-state index contributed by atoms with van der Waals surface area (Å²) < 4.78 is 16.9. The molecule has 1 rings (SSSR count). The van der Waals surface area contributed by atoms with Crippen LogP contribution in [-0.4, -0.2) is 18.9 Å². The molecular weight excluding hydrogens is 233 g/mol. The Balaban J connectivity index is 0.00000137. The molecule has 3 nitrogen and oxygen atoms in total. The molecule has 0 heterocycles. The molecule has 0 amide bonds. The predicted octanol–water partition coefficient (Wildman–Crippen LogP) is 3.09. The molecule has 4 heteroatoms. The molecule has 0 unspecified atom stereocenters. The Kier molecular flexibility index (Phi) is 9.87. The van der Waals surface area contributed by atoms with Crippen molar-refractivity contribution in [3.05, 3.63) is 29.8 Å². The zero-order chi connectivity index (χ0) is 13.8. The molecule has 0 saturated heterocycles. The minimum Gasteiger partial charge on any atom is -0.492 e. The van der Waals surface area contributed by atoms with Gasteiger partial charge in [0, 0.05) is 6.42 Å². The lowest BCUT2D eigenvalue weighted by molar-refractivity contribution is -0.116. The first-order valence-corrected chi connectivity index (χ1v) is 6.27. The van der Waals surface area contributed by atoms with Crippen molar-refractivity contribution in [1.82, 2.24) is 5.54 Å². The lowest BCUT2D eigenvalue weighted by Gasteiger charge is -2.06. The van der Waals surface area contributed by atoms with Gasteiger partial charge in [-0.3, -0.25) is 0 Å². The summed E-state index contributed by atoms with van der Waals surface area (Å²) in [5, 5.41) is 0. The summed E-state index contributed by atoms with van der Waals surface area (Å²) in [4.78, 5) is 10.8. The molecule has 1 aromatic rings. The van der Waals surface area contributed by atoms with Crippen molar-refractivity contribution in [1.29, 1.82) is 0 Å². The van der Waals surface area contributed by atoms with E-state index >= 15 is 0 Å². The standard InChI is InChI=1S/C12H16FNO2.C2H6/c1-10(15)5-6-11-3-2-4-12(9-11)16-8-7-14-13;1-2/h2-4,9,14H,5-8H2,1H3;1-2H3. The number of halogens is 1. The van der Waals surface area contributed by atoms with Gasteiger partial charge in [-0.25, -0.2) is 0 Å². The van der Waals surface area contributed by atoms with E-state index in [0.717, 1.165) is 5.56 Å². The van der Waals surface area contributed by atoms with Crippen molar-refractivity contribution in [2.45, 2.75) is 33.6 Å². The van der Waals surface area contributed by atoms with Gasteiger partial charge in [0.05, 0.1) is 6.54 Å². The first-order chi connectivity index (χ1) is 8.72. The highest BCUT2D eigenvalue weighted by molar-refractivity contribution is 5.75. The maximum Gasteiger partial charge on any atom is 0.130 e. The van der Waals surface area contributed by atoms with E-state index in [9.17, 15) is 9.28 Å². The molecule has 1 N–H and O–H groups in total. The van der Waals surface area contributed by atoms with Crippen molar-refractivity contribution < 1.29 is 14.0 Å². The molecule has 0 aromatic heterocycles. The number of rotatable bonds is 7. The van der Waals surface area contributed by atoms with Gasteiger partial charge in [0.15, 0.2) is 0 Å². The number of aryl methyl sites for hydroxylation is 1. The van der Waals surface area contributed by atoms with E-state index in [1.807, 2.05) is 38.1 Å². The first kappa shape index (κ1) is 16.6. The Morgan fingerprint density at radius 3 is 2.72 bits per heavy atom. The van der Waals surface area contributed by atoms with Gasteiger partial charge in [-0.2, -0.15) is 5.54 Å². The minimum atomic E-state index is 0.164. The van der Waals surface area contributed by atoms with Gasteiger partial charge in [-0.1, -0.05) is 26.0 Å². The van der Waals surface area contributed by atoms with E-state index in [4.69, 9.17) is 4.74 Å².